The van der Waals surface area contributed by atoms with Gasteiger partial charge in [0.05, 0.1) is 12.1 Å². The smallest absolute Gasteiger partial charge is 0.351 e. The van der Waals surface area contributed by atoms with Crippen molar-refractivity contribution < 1.29 is 18.0 Å². The largest absolute Gasteiger partial charge is 0.416 e. The Kier molecular flexibility index (Phi) is 5.60. The zero-order valence-electron chi connectivity index (χ0n) is 18.0. The van der Waals surface area contributed by atoms with Gasteiger partial charge in [0.1, 0.15) is 6.33 Å². The molecule has 1 fully saturated rings. The quantitative estimate of drug-likeness (QED) is 0.459. The molecule has 1 aliphatic rings. The van der Waals surface area contributed by atoms with Gasteiger partial charge in [-0.05, 0) is 23.8 Å². The molecule has 3 heterocycles. The molecule has 34 heavy (non-hydrogen) atoms. The van der Waals surface area contributed by atoms with Gasteiger partial charge in [0.15, 0.2) is 17.0 Å². The Bertz CT molecular complexity index is 1320. The molecule has 5 rings (SSSR count). The number of carbonyl (C=O) groups is 1. The molecule has 174 valence electrons. The number of piperazine rings is 1. The van der Waals surface area contributed by atoms with Crippen molar-refractivity contribution >= 4 is 22.9 Å². The van der Waals surface area contributed by atoms with Crippen LogP contribution in [-0.2, 0) is 12.7 Å². The van der Waals surface area contributed by atoms with Crippen LogP contribution in [0.4, 0.5) is 19.0 Å². The number of alkyl halides is 3. The van der Waals surface area contributed by atoms with E-state index in [9.17, 15) is 18.0 Å². The first kappa shape index (κ1) is 21.8. The molecule has 4 aromatic rings. The van der Waals surface area contributed by atoms with Crippen molar-refractivity contribution in [1.29, 1.82) is 0 Å². The standard InChI is InChI=1S/C23H20F3N7O/c24-23(25,26)18-8-4-7-17(13-18)22(34)32-11-9-31(10-12-32)20-19-21(28-15-27-20)33(30-29-19)14-16-5-2-1-3-6-16/h1-8,13,15H,9-12,14H2. The minimum Gasteiger partial charge on any atom is -0.351 e. The molecule has 0 aliphatic carbocycles. The number of amides is 1. The Labute approximate surface area is 192 Å². The van der Waals surface area contributed by atoms with Gasteiger partial charge in [0.2, 0.25) is 0 Å². The van der Waals surface area contributed by atoms with Gasteiger partial charge in [0.25, 0.3) is 5.91 Å². The van der Waals surface area contributed by atoms with Gasteiger partial charge in [0, 0.05) is 31.7 Å². The van der Waals surface area contributed by atoms with Gasteiger partial charge in [-0.25, -0.2) is 14.6 Å². The number of rotatable bonds is 4. The molecule has 8 nitrogen and oxygen atoms in total. The molecule has 1 saturated heterocycles. The highest BCUT2D eigenvalue weighted by Gasteiger charge is 2.32. The van der Waals surface area contributed by atoms with E-state index >= 15 is 0 Å². The number of benzene rings is 2. The van der Waals surface area contributed by atoms with Crippen molar-refractivity contribution in [3.8, 4) is 0 Å². The Balaban J connectivity index is 1.30. The second-order valence-corrected chi connectivity index (χ2v) is 7.96. The van der Waals surface area contributed by atoms with E-state index in [0.29, 0.717) is 49.7 Å². The fourth-order valence-corrected chi connectivity index (χ4v) is 4.01. The fraction of sp³-hybridized carbons (Fsp3) is 0.261. The summed E-state index contributed by atoms with van der Waals surface area (Å²) < 4.78 is 40.7. The third-order valence-electron chi connectivity index (χ3n) is 5.76. The van der Waals surface area contributed by atoms with E-state index in [2.05, 4.69) is 20.3 Å². The predicted molar refractivity (Wildman–Crippen MR) is 118 cm³/mol. The average Bonchev–Trinajstić information content (AvgIpc) is 3.27. The monoisotopic (exact) mass is 467 g/mol. The fourth-order valence-electron chi connectivity index (χ4n) is 4.01. The minimum absolute atomic E-state index is 0.0246. The van der Waals surface area contributed by atoms with Gasteiger partial charge in [-0.2, -0.15) is 13.2 Å². The molecule has 2 aromatic carbocycles. The summed E-state index contributed by atoms with van der Waals surface area (Å²) >= 11 is 0. The van der Waals surface area contributed by atoms with Gasteiger partial charge in [-0.15, -0.1) is 5.10 Å². The van der Waals surface area contributed by atoms with Crippen LogP contribution in [0.25, 0.3) is 11.2 Å². The van der Waals surface area contributed by atoms with E-state index < -0.39 is 17.6 Å². The van der Waals surface area contributed by atoms with Crippen LogP contribution in [0.15, 0.2) is 60.9 Å². The van der Waals surface area contributed by atoms with Crippen LogP contribution in [0.2, 0.25) is 0 Å². The van der Waals surface area contributed by atoms with E-state index in [0.717, 1.165) is 17.7 Å². The molecular weight excluding hydrogens is 447 g/mol. The number of carbonyl (C=O) groups excluding carboxylic acids is 1. The maximum atomic E-state index is 13.0. The second-order valence-electron chi connectivity index (χ2n) is 7.96. The summed E-state index contributed by atoms with van der Waals surface area (Å²) in [4.78, 5) is 25.1. The maximum Gasteiger partial charge on any atom is 0.416 e. The number of hydrogen-bond acceptors (Lipinski definition) is 6. The Morgan fingerprint density at radius 3 is 2.44 bits per heavy atom. The molecule has 11 heteroatoms. The van der Waals surface area contributed by atoms with Crippen molar-refractivity contribution in [3.05, 3.63) is 77.6 Å². The summed E-state index contributed by atoms with van der Waals surface area (Å²) in [6.45, 7) is 2.13. The van der Waals surface area contributed by atoms with E-state index in [1.165, 1.54) is 18.5 Å². The summed E-state index contributed by atoms with van der Waals surface area (Å²) in [5, 5.41) is 8.52. The molecule has 0 spiro atoms. The molecule has 0 unspecified atom stereocenters. The lowest BCUT2D eigenvalue weighted by atomic mass is 10.1. The van der Waals surface area contributed by atoms with Gasteiger partial charge in [-0.3, -0.25) is 4.79 Å². The van der Waals surface area contributed by atoms with E-state index in [1.807, 2.05) is 35.2 Å². The van der Waals surface area contributed by atoms with Crippen molar-refractivity contribution in [1.82, 2.24) is 29.9 Å². The lowest BCUT2D eigenvalue weighted by molar-refractivity contribution is -0.137. The first-order valence-electron chi connectivity index (χ1n) is 10.7. The molecule has 0 saturated carbocycles. The summed E-state index contributed by atoms with van der Waals surface area (Å²) in [6, 6.07) is 14.4. The molecule has 2 aromatic heterocycles. The first-order valence-corrected chi connectivity index (χ1v) is 10.7. The molecule has 1 amide bonds. The van der Waals surface area contributed by atoms with Gasteiger partial charge in [-0.1, -0.05) is 41.6 Å². The van der Waals surface area contributed by atoms with E-state index in [-0.39, 0.29) is 5.56 Å². The van der Waals surface area contributed by atoms with E-state index in [1.54, 1.807) is 9.58 Å². The predicted octanol–water partition coefficient (Wildman–Crippen LogP) is 3.25. The second kappa shape index (κ2) is 8.73. The number of hydrogen-bond donors (Lipinski definition) is 0. The highest BCUT2D eigenvalue weighted by molar-refractivity contribution is 5.94. The van der Waals surface area contributed by atoms with Crippen LogP contribution in [0, 0.1) is 0 Å². The Morgan fingerprint density at radius 1 is 0.941 bits per heavy atom. The van der Waals surface area contributed by atoms with Crippen molar-refractivity contribution in [2.24, 2.45) is 0 Å². The van der Waals surface area contributed by atoms with Crippen molar-refractivity contribution in [2.75, 3.05) is 31.1 Å². The lowest BCUT2D eigenvalue weighted by Crippen LogP contribution is -2.49. The van der Waals surface area contributed by atoms with Crippen LogP contribution in [0.1, 0.15) is 21.5 Å². The lowest BCUT2D eigenvalue weighted by Gasteiger charge is -2.35. The summed E-state index contributed by atoms with van der Waals surface area (Å²) in [5.74, 6) is 0.197. The zero-order chi connectivity index (χ0) is 23.7. The number of fused-ring (bicyclic) bond motifs is 1. The molecule has 0 bridgehead atoms. The third kappa shape index (κ3) is 4.28. The molecular formula is C23H20F3N7O. The van der Waals surface area contributed by atoms with Crippen LogP contribution >= 0.6 is 0 Å². The summed E-state index contributed by atoms with van der Waals surface area (Å²) in [6.07, 6.45) is -3.03. The number of anilines is 1. The summed E-state index contributed by atoms with van der Waals surface area (Å²) in [7, 11) is 0. The van der Waals surface area contributed by atoms with Gasteiger partial charge >= 0.3 is 6.18 Å². The van der Waals surface area contributed by atoms with Crippen LogP contribution in [0.3, 0.4) is 0 Å². The Morgan fingerprint density at radius 2 is 1.71 bits per heavy atom. The molecule has 1 aliphatic heterocycles. The van der Waals surface area contributed by atoms with Crippen molar-refractivity contribution in [2.45, 2.75) is 12.7 Å². The third-order valence-corrected chi connectivity index (χ3v) is 5.76. The van der Waals surface area contributed by atoms with Crippen LogP contribution in [-0.4, -0.2) is 61.9 Å². The highest BCUT2D eigenvalue weighted by atomic mass is 19.4. The zero-order valence-corrected chi connectivity index (χ0v) is 18.0. The number of aromatic nitrogens is 5. The normalized spacial score (nSPS) is 14.6. The average molecular weight is 467 g/mol. The minimum atomic E-state index is -4.49. The van der Waals surface area contributed by atoms with E-state index in [4.69, 9.17) is 0 Å². The number of nitrogens with zero attached hydrogens (tertiary/aromatic N) is 7. The van der Waals surface area contributed by atoms with Gasteiger partial charge < -0.3 is 9.80 Å². The first-order chi connectivity index (χ1) is 16.4. The van der Waals surface area contributed by atoms with Crippen LogP contribution < -0.4 is 4.90 Å². The molecule has 0 radical (unpaired) electrons. The molecule has 0 N–H and O–H groups in total. The SMILES string of the molecule is O=C(c1cccc(C(F)(F)F)c1)N1CCN(c2ncnc3c2nnn3Cc2ccccc2)CC1. The van der Waals surface area contributed by atoms with Crippen LogP contribution in [0.5, 0.6) is 0 Å². The summed E-state index contributed by atoms with van der Waals surface area (Å²) in [5.41, 5.74) is 1.43. The molecule has 0 atom stereocenters. The topological polar surface area (TPSA) is 80.0 Å². The number of halogens is 3. The highest BCUT2D eigenvalue weighted by Crippen LogP contribution is 2.30. The van der Waals surface area contributed by atoms with Crippen molar-refractivity contribution in [3.63, 3.8) is 0 Å². The Hall–Kier alpha value is -4.02. The maximum absolute atomic E-state index is 13.0.